The molecule has 0 radical (unpaired) electrons. The number of guanidine groups is 1. The van der Waals surface area contributed by atoms with E-state index >= 15 is 0 Å². The zero-order valence-electron chi connectivity index (χ0n) is 16.2. The molecule has 0 aromatic carbocycles. The molecule has 0 saturated carbocycles. The molecule has 1 fully saturated rings. The molecule has 1 aliphatic heterocycles. The number of nitrogens with zero attached hydrogens (tertiary/aromatic N) is 2. The topological polar surface area (TPSA) is 99.0 Å². The van der Waals surface area contributed by atoms with E-state index in [-0.39, 0.29) is 41.8 Å². The second-order valence-corrected chi connectivity index (χ2v) is 6.46. The molecule has 2 rings (SSSR count). The normalized spacial score (nSPS) is 17.3. The Morgan fingerprint density at radius 2 is 2.19 bits per heavy atom. The maximum Gasteiger partial charge on any atom is 0.287 e. The first-order chi connectivity index (χ1) is 12.5. The van der Waals surface area contributed by atoms with Crippen LogP contribution in [0.3, 0.4) is 0 Å². The summed E-state index contributed by atoms with van der Waals surface area (Å²) < 4.78 is 5.17. The second kappa shape index (κ2) is 11.8. The smallest absolute Gasteiger partial charge is 0.287 e. The maximum absolute atomic E-state index is 11.9. The molecule has 0 bridgehead atoms. The van der Waals surface area contributed by atoms with Crippen molar-refractivity contribution in [1.82, 2.24) is 20.9 Å². The van der Waals surface area contributed by atoms with Crippen molar-refractivity contribution in [2.24, 2.45) is 4.99 Å². The van der Waals surface area contributed by atoms with Crippen molar-refractivity contribution in [2.75, 3.05) is 33.2 Å². The van der Waals surface area contributed by atoms with Gasteiger partial charge in [0.25, 0.3) is 5.91 Å². The van der Waals surface area contributed by atoms with Crippen molar-refractivity contribution in [1.29, 1.82) is 0 Å². The highest BCUT2D eigenvalue weighted by Crippen LogP contribution is 2.09. The number of nitrogens with one attached hydrogen (secondary N) is 3. The molecule has 1 aromatic heterocycles. The molecule has 1 aliphatic rings. The maximum atomic E-state index is 11.9. The summed E-state index contributed by atoms with van der Waals surface area (Å²) in [6, 6.07) is 1.97. The minimum atomic E-state index is -0.198. The minimum Gasteiger partial charge on any atom is -0.459 e. The molecule has 0 aliphatic carbocycles. The number of aliphatic imine (C=N–C) groups is 1. The van der Waals surface area contributed by atoms with Gasteiger partial charge in [-0.15, -0.1) is 24.0 Å². The number of hydrogen-bond donors (Lipinski definition) is 3. The highest BCUT2D eigenvalue weighted by Gasteiger charge is 2.23. The largest absolute Gasteiger partial charge is 0.459 e. The first-order valence-electron chi connectivity index (χ1n) is 9.12. The van der Waals surface area contributed by atoms with E-state index < -0.39 is 0 Å². The van der Waals surface area contributed by atoms with Crippen LogP contribution in [0.15, 0.2) is 21.7 Å². The van der Waals surface area contributed by atoms with Gasteiger partial charge < -0.3 is 25.3 Å². The van der Waals surface area contributed by atoms with Gasteiger partial charge in [-0.25, -0.2) is 0 Å². The third-order valence-corrected chi connectivity index (χ3v) is 4.27. The predicted molar refractivity (Wildman–Crippen MR) is 116 cm³/mol. The number of aryl methyl sites for hydroxylation is 1. The zero-order valence-corrected chi connectivity index (χ0v) is 18.5. The standard InChI is InChI=1S/C18H29N5O3.HI/c1-4-19-18(22-14-6-7-15(24)23(3)12-14)21-10-5-9-20-17(25)16-13(2)8-11-26-16;/h8,11,14H,4-7,9-10,12H2,1-3H3,(H,20,25)(H2,19,21,22);1H. The van der Waals surface area contributed by atoms with E-state index in [1.165, 1.54) is 6.26 Å². The highest BCUT2D eigenvalue weighted by molar-refractivity contribution is 14.0. The van der Waals surface area contributed by atoms with Gasteiger partial charge in [-0.05, 0) is 32.8 Å². The van der Waals surface area contributed by atoms with Crippen molar-refractivity contribution in [3.8, 4) is 0 Å². The Bertz CT molecular complexity index is 647. The van der Waals surface area contributed by atoms with Gasteiger partial charge in [-0.1, -0.05) is 0 Å². The van der Waals surface area contributed by atoms with Crippen LogP contribution in [0.2, 0.25) is 0 Å². The van der Waals surface area contributed by atoms with E-state index in [0.717, 1.165) is 30.9 Å². The molecule has 1 atom stereocenters. The SMILES string of the molecule is CCNC(=NCCCNC(=O)c1occc1C)NC1CCC(=O)N(C)C1.I. The Morgan fingerprint density at radius 1 is 1.41 bits per heavy atom. The summed E-state index contributed by atoms with van der Waals surface area (Å²) >= 11 is 0. The molecule has 0 spiro atoms. The third-order valence-electron chi connectivity index (χ3n) is 4.27. The van der Waals surface area contributed by atoms with Gasteiger partial charge in [0.15, 0.2) is 11.7 Å². The Labute approximate surface area is 177 Å². The van der Waals surface area contributed by atoms with E-state index in [0.29, 0.717) is 31.8 Å². The molecule has 1 saturated heterocycles. The highest BCUT2D eigenvalue weighted by atomic mass is 127. The van der Waals surface area contributed by atoms with Crippen molar-refractivity contribution < 1.29 is 14.0 Å². The molecule has 1 aromatic rings. The number of halogens is 1. The Kier molecular flexibility index (Phi) is 10.2. The fraction of sp³-hybridized carbons (Fsp3) is 0.611. The summed E-state index contributed by atoms with van der Waals surface area (Å²) in [7, 11) is 1.82. The average molecular weight is 491 g/mol. The fourth-order valence-electron chi connectivity index (χ4n) is 2.80. The van der Waals surface area contributed by atoms with Gasteiger partial charge in [-0.3, -0.25) is 14.6 Å². The lowest BCUT2D eigenvalue weighted by Gasteiger charge is -2.31. The Balaban J connectivity index is 0.00000364. The van der Waals surface area contributed by atoms with Gasteiger partial charge in [0.1, 0.15) is 0 Å². The van der Waals surface area contributed by atoms with E-state index in [1.54, 1.807) is 11.0 Å². The number of amides is 2. The molecule has 2 heterocycles. The molecule has 9 heteroatoms. The Morgan fingerprint density at radius 3 is 2.81 bits per heavy atom. The number of carbonyl (C=O) groups is 2. The molecular weight excluding hydrogens is 461 g/mol. The number of hydrogen-bond acceptors (Lipinski definition) is 4. The van der Waals surface area contributed by atoms with Crippen LogP contribution in [0.5, 0.6) is 0 Å². The fourth-order valence-corrected chi connectivity index (χ4v) is 2.80. The molecule has 152 valence electrons. The lowest BCUT2D eigenvalue weighted by atomic mass is 10.1. The lowest BCUT2D eigenvalue weighted by molar-refractivity contribution is -0.132. The van der Waals surface area contributed by atoms with Gasteiger partial charge in [0, 0.05) is 51.3 Å². The summed E-state index contributed by atoms with van der Waals surface area (Å²) in [6.45, 7) is 6.42. The van der Waals surface area contributed by atoms with Crippen LogP contribution in [0.1, 0.15) is 42.3 Å². The third kappa shape index (κ3) is 7.39. The van der Waals surface area contributed by atoms with Crippen molar-refractivity contribution in [2.45, 2.75) is 39.2 Å². The summed E-state index contributed by atoms with van der Waals surface area (Å²) in [5, 5.41) is 9.44. The summed E-state index contributed by atoms with van der Waals surface area (Å²) in [5.74, 6) is 1.09. The number of rotatable bonds is 7. The zero-order chi connectivity index (χ0) is 18.9. The molecule has 27 heavy (non-hydrogen) atoms. The van der Waals surface area contributed by atoms with E-state index in [4.69, 9.17) is 4.42 Å². The van der Waals surface area contributed by atoms with Crippen molar-refractivity contribution in [3.05, 3.63) is 23.7 Å². The number of carbonyl (C=O) groups excluding carboxylic acids is 2. The van der Waals surface area contributed by atoms with Crippen LogP contribution in [0, 0.1) is 6.92 Å². The van der Waals surface area contributed by atoms with Gasteiger partial charge in [-0.2, -0.15) is 0 Å². The molecule has 3 N–H and O–H groups in total. The summed E-state index contributed by atoms with van der Waals surface area (Å²) in [6.07, 6.45) is 3.61. The molecular formula is C18H30IN5O3. The first kappa shape index (κ1) is 23.3. The minimum absolute atomic E-state index is 0. The number of piperidine rings is 1. The van der Waals surface area contributed by atoms with Crippen LogP contribution in [0.25, 0.3) is 0 Å². The summed E-state index contributed by atoms with van der Waals surface area (Å²) in [4.78, 5) is 29.8. The van der Waals surface area contributed by atoms with E-state index in [2.05, 4.69) is 20.9 Å². The molecule has 8 nitrogen and oxygen atoms in total. The first-order valence-corrected chi connectivity index (χ1v) is 9.12. The van der Waals surface area contributed by atoms with Crippen molar-refractivity contribution in [3.63, 3.8) is 0 Å². The predicted octanol–water partition coefficient (Wildman–Crippen LogP) is 1.50. The molecule has 1 unspecified atom stereocenters. The lowest BCUT2D eigenvalue weighted by Crippen LogP contribution is -2.51. The number of likely N-dealkylation sites (tertiary alicyclic amines) is 1. The van der Waals surface area contributed by atoms with Crippen molar-refractivity contribution >= 4 is 41.8 Å². The van der Waals surface area contributed by atoms with Gasteiger partial charge in [0.05, 0.1) is 6.26 Å². The Hall–Kier alpha value is -1.78. The van der Waals surface area contributed by atoms with Crippen LogP contribution in [-0.2, 0) is 4.79 Å². The van der Waals surface area contributed by atoms with Crippen LogP contribution in [-0.4, -0.2) is 61.9 Å². The van der Waals surface area contributed by atoms with Crippen LogP contribution < -0.4 is 16.0 Å². The van der Waals surface area contributed by atoms with Crippen LogP contribution >= 0.6 is 24.0 Å². The second-order valence-electron chi connectivity index (χ2n) is 6.46. The van der Waals surface area contributed by atoms with E-state index in [9.17, 15) is 9.59 Å². The van der Waals surface area contributed by atoms with Crippen LogP contribution in [0.4, 0.5) is 0 Å². The quantitative estimate of drug-likeness (QED) is 0.233. The molecule has 2 amide bonds. The average Bonchev–Trinajstić information content (AvgIpc) is 3.04. The van der Waals surface area contributed by atoms with Gasteiger partial charge in [0.2, 0.25) is 5.91 Å². The summed E-state index contributed by atoms with van der Waals surface area (Å²) in [5.41, 5.74) is 0.829. The number of likely N-dealkylation sites (N-methyl/N-ethyl adjacent to an activating group) is 1. The van der Waals surface area contributed by atoms with E-state index in [1.807, 2.05) is 20.9 Å². The van der Waals surface area contributed by atoms with Gasteiger partial charge >= 0.3 is 0 Å². The monoisotopic (exact) mass is 491 g/mol. The number of furan rings is 1.